The van der Waals surface area contributed by atoms with Gasteiger partial charge in [-0.15, -0.1) is 0 Å². The average molecular weight is 313 g/mol. The summed E-state index contributed by atoms with van der Waals surface area (Å²) in [4.78, 5) is 32.8. The lowest BCUT2D eigenvalue weighted by Gasteiger charge is -2.16. The van der Waals surface area contributed by atoms with Crippen LogP contribution in [0.2, 0.25) is 0 Å². The second-order valence-corrected chi connectivity index (χ2v) is 5.25. The molecule has 2 heterocycles. The third-order valence-corrected chi connectivity index (χ3v) is 3.54. The van der Waals surface area contributed by atoms with Gasteiger partial charge in [-0.1, -0.05) is 22.4 Å². The zero-order chi connectivity index (χ0) is 16.4. The zero-order valence-electron chi connectivity index (χ0n) is 12.7. The van der Waals surface area contributed by atoms with E-state index in [-0.39, 0.29) is 24.4 Å². The summed E-state index contributed by atoms with van der Waals surface area (Å²) in [6, 6.07) is 7.07. The van der Waals surface area contributed by atoms with Crippen molar-refractivity contribution in [3.8, 4) is 0 Å². The summed E-state index contributed by atoms with van der Waals surface area (Å²) in [6.45, 7) is 1.92. The van der Waals surface area contributed by atoms with Crippen LogP contribution in [0, 0.1) is 6.92 Å². The van der Waals surface area contributed by atoms with Gasteiger partial charge < -0.3 is 9.88 Å². The number of H-pyrrole nitrogens is 1. The number of carbonyl (C=O) groups is 1. The van der Waals surface area contributed by atoms with Gasteiger partial charge in [0.2, 0.25) is 5.91 Å². The lowest BCUT2D eigenvalue weighted by atomic mass is 10.2. The molecule has 0 saturated carbocycles. The number of nitrogens with one attached hydrogen (secondary N) is 1. The molecule has 0 aliphatic heterocycles. The Labute approximate surface area is 131 Å². The molecule has 0 radical (unpaired) electrons. The molecule has 118 valence electrons. The Morgan fingerprint density at radius 3 is 2.83 bits per heavy atom. The molecule has 8 heteroatoms. The Kier molecular flexibility index (Phi) is 3.88. The largest absolute Gasteiger partial charge is 0.338 e. The average Bonchev–Trinajstić information content (AvgIpc) is 2.92. The third-order valence-electron chi connectivity index (χ3n) is 3.54. The summed E-state index contributed by atoms with van der Waals surface area (Å²) in [7, 11) is 1.64. The van der Waals surface area contributed by atoms with E-state index in [2.05, 4.69) is 24.9 Å². The number of rotatable bonds is 4. The summed E-state index contributed by atoms with van der Waals surface area (Å²) in [5.41, 5.74) is 1.47. The Balaban J connectivity index is 1.77. The van der Waals surface area contributed by atoms with Gasteiger partial charge in [-0.05, 0) is 19.1 Å². The fraction of sp³-hybridized carbons (Fsp3) is 0.267. The Morgan fingerprint density at radius 2 is 2.09 bits per heavy atom. The number of aromatic amines is 1. The topological polar surface area (TPSA) is 105 Å². The monoisotopic (exact) mass is 313 g/mol. The quantitative estimate of drug-likeness (QED) is 0.764. The van der Waals surface area contributed by atoms with E-state index >= 15 is 0 Å². The number of amides is 1. The van der Waals surface area contributed by atoms with E-state index < -0.39 is 0 Å². The first-order valence-corrected chi connectivity index (χ1v) is 7.04. The molecule has 23 heavy (non-hydrogen) atoms. The van der Waals surface area contributed by atoms with E-state index in [1.807, 2.05) is 6.07 Å². The Bertz CT molecular complexity index is 915. The maximum Gasteiger partial charge on any atom is 0.258 e. The van der Waals surface area contributed by atoms with Gasteiger partial charge in [-0.2, -0.15) is 0 Å². The number of carbonyl (C=O) groups excluding carboxylic acids is 1. The first kappa shape index (κ1) is 14.9. The molecule has 3 rings (SSSR count). The molecule has 0 saturated heterocycles. The SMILES string of the molecule is Cc1nonc1CC(=O)N(C)Cc1nc2ccccc2c(=O)[nH]1. The molecule has 8 nitrogen and oxygen atoms in total. The van der Waals surface area contributed by atoms with Gasteiger partial charge in [0.05, 0.1) is 23.9 Å². The van der Waals surface area contributed by atoms with Crippen molar-refractivity contribution in [2.45, 2.75) is 19.9 Å². The number of hydrogen-bond acceptors (Lipinski definition) is 6. The van der Waals surface area contributed by atoms with Crippen molar-refractivity contribution in [1.82, 2.24) is 25.2 Å². The second-order valence-electron chi connectivity index (χ2n) is 5.25. The van der Waals surface area contributed by atoms with E-state index in [9.17, 15) is 9.59 Å². The van der Waals surface area contributed by atoms with Crippen molar-refractivity contribution in [3.63, 3.8) is 0 Å². The lowest BCUT2D eigenvalue weighted by molar-refractivity contribution is -0.129. The number of para-hydroxylation sites is 1. The first-order chi connectivity index (χ1) is 11.0. The maximum absolute atomic E-state index is 12.2. The van der Waals surface area contributed by atoms with E-state index in [0.29, 0.717) is 28.1 Å². The molecule has 0 bridgehead atoms. The van der Waals surface area contributed by atoms with Crippen molar-refractivity contribution in [1.29, 1.82) is 0 Å². The van der Waals surface area contributed by atoms with Crippen molar-refractivity contribution in [2.75, 3.05) is 7.05 Å². The minimum atomic E-state index is -0.219. The number of fused-ring (bicyclic) bond motifs is 1. The second kappa shape index (κ2) is 5.99. The van der Waals surface area contributed by atoms with Gasteiger partial charge in [-0.25, -0.2) is 9.61 Å². The number of aromatic nitrogens is 4. The molecule has 0 fully saturated rings. The molecule has 1 aromatic carbocycles. The van der Waals surface area contributed by atoms with Crippen LogP contribution >= 0.6 is 0 Å². The normalized spacial score (nSPS) is 10.9. The van der Waals surface area contributed by atoms with Crippen molar-refractivity contribution >= 4 is 16.8 Å². The highest BCUT2D eigenvalue weighted by atomic mass is 16.6. The van der Waals surface area contributed by atoms with Crippen LogP contribution in [0.4, 0.5) is 0 Å². The van der Waals surface area contributed by atoms with Gasteiger partial charge in [0.25, 0.3) is 5.56 Å². The molecule has 0 aliphatic carbocycles. The van der Waals surface area contributed by atoms with Gasteiger partial charge in [0.15, 0.2) is 0 Å². The number of benzene rings is 1. The maximum atomic E-state index is 12.2. The van der Waals surface area contributed by atoms with Gasteiger partial charge >= 0.3 is 0 Å². The Morgan fingerprint density at radius 1 is 1.30 bits per heavy atom. The predicted molar refractivity (Wildman–Crippen MR) is 81.6 cm³/mol. The Hall–Kier alpha value is -3.03. The van der Waals surface area contributed by atoms with Crippen LogP contribution in [0.25, 0.3) is 10.9 Å². The van der Waals surface area contributed by atoms with Crippen molar-refractivity contribution in [2.24, 2.45) is 0 Å². The number of aryl methyl sites for hydroxylation is 1. The molecule has 0 spiro atoms. The van der Waals surface area contributed by atoms with Gasteiger partial charge in [0.1, 0.15) is 17.2 Å². The highest BCUT2D eigenvalue weighted by molar-refractivity contribution is 5.79. The minimum Gasteiger partial charge on any atom is -0.338 e. The number of hydrogen-bond donors (Lipinski definition) is 1. The molecule has 3 aromatic rings. The molecular weight excluding hydrogens is 298 g/mol. The van der Waals surface area contributed by atoms with Crippen LogP contribution in [0.1, 0.15) is 17.2 Å². The number of nitrogens with zero attached hydrogens (tertiary/aromatic N) is 4. The molecule has 0 unspecified atom stereocenters. The van der Waals surface area contributed by atoms with Gasteiger partial charge in [-0.3, -0.25) is 9.59 Å². The van der Waals surface area contributed by atoms with E-state index in [1.54, 1.807) is 32.2 Å². The highest BCUT2D eigenvalue weighted by Crippen LogP contribution is 2.08. The minimum absolute atomic E-state index is 0.0870. The van der Waals surface area contributed by atoms with Crippen molar-refractivity contribution < 1.29 is 9.42 Å². The van der Waals surface area contributed by atoms with E-state index in [0.717, 1.165) is 0 Å². The standard InChI is InChI=1S/C15H15N5O3/c1-9-12(19-23-18-9)7-14(21)20(2)8-13-16-11-6-4-3-5-10(11)15(22)17-13/h3-6H,7-8H2,1-2H3,(H,16,17,22). The van der Waals surface area contributed by atoms with Crippen LogP contribution in [-0.4, -0.2) is 38.1 Å². The fourth-order valence-electron chi connectivity index (χ4n) is 2.21. The van der Waals surface area contributed by atoms with E-state index in [1.165, 1.54) is 4.90 Å². The summed E-state index contributed by atoms with van der Waals surface area (Å²) in [5, 5.41) is 7.86. The molecular formula is C15H15N5O3. The summed E-state index contributed by atoms with van der Waals surface area (Å²) >= 11 is 0. The zero-order valence-corrected chi connectivity index (χ0v) is 12.7. The van der Waals surface area contributed by atoms with Crippen LogP contribution < -0.4 is 5.56 Å². The van der Waals surface area contributed by atoms with E-state index in [4.69, 9.17) is 0 Å². The fourth-order valence-corrected chi connectivity index (χ4v) is 2.21. The molecule has 0 aliphatic rings. The summed E-state index contributed by atoms with van der Waals surface area (Å²) in [5.74, 6) is 0.263. The number of likely N-dealkylation sites (N-methyl/N-ethyl adjacent to an activating group) is 1. The third kappa shape index (κ3) is 3.10. The van der Waals surface area contributed by atoms with Gasteiger partial charge in [0, 0.05) is 7.05 Å². The molecule has 0 atom stereocenters. The molecule has 2 aromatic heterocycles. The molecule has 1 amide bonds. The predicted octanol–water partition coefficient (Wildman–Crippen LogP) is 0.816. The van der Waals surface area contributed by atoms with Crippen molar-refractivity contribution in [3.05, 3.63) is 51.8 Å². The van der Waals surface area contributed by atoms with Crippen LogP contribution in [0.3, 0.4) is 0 Å². The van der Waals surface area contributed by atoms with Crippen LogP contribution in [0.15, 0.2) is 33.7 Å². The summed E-state index contributed by atoms with van der Waals surface area (Å²) < 4.78 is 4.58. The first-order valence-electron chi connectivity index (χ1n) is 7.04. The highest BCUT2D eigenvalue weighted by Gasteiger charge is 2.16. The summed E-state index contributed by atoms with van der Waals surface area (Å²) in [6.07, 6.45) is 0.0870. The molecule has 1 N–H and O–H groups in total. The van der Waals surface area contributed by atoms with Crippen LogP contribution in [-0.2, 0) is 17.8 Å². The lowest BCUT2D eigenvalue weighted by Crippen LogP contribution is -2.29. The van der Waals surface area contributed by atoms with Crippen LogP contribution in [0.5, 0.6) is 0 Å². The smallest absolute Gasteiger partial charge is 0.258 e.